The van der Waals surface area contributed by atoms with E-state index in [-0.39, 0.29) is 5.82 Å². The van der Waals surface area contributed by atoms with Crippen molar-refractivity contribution in [1.29, 1.82) is 0 Å². The van der Waals surface area contributed by atoms with E-state index in [0.717, 1.165) is 17.0 Å². The van der Waals surface area contributed by atoms with Gasteiger partial charge in [-0.05, 0) is 36.4 Å². The van der Waals surface area contributed by atoms with E-state index in [2.05, 4.69) is 16.8 Å². The number of aromatic nitrogens is 2. The van der Waals surface area contributed by atoms with Crippen molar-refractivity contribution < 1.29 is 4.39 Å². The molecule has 0 fully saturated rings. The lowest BCUT2D eigenvalue weighted by Gasteiger charge is -1.94. The Balaban J connectivity index is 2.39. The van der Waals surface area contributed by atoms with Gasteiger partial charge in [0.2, 0.25) is 0 Å². The number of benzene rings is 1. The summed E-state index contributed by atoms with van der Waals surface area (Å²) >= 11 is 0. The summed E-state index contributed by atoms with van der Waals surface area (Å²) in [6.45, 7) is 3.62. The third-order valence-corrected chi connectivity index (χ3v) is 1.96. The van der Waals surface area contributed by atoms with Crippen LogP contribution in [0.3, 0.4) is 0 Å². The highest BCUT2D eigenvalue weighted by atomic mass is 19.1. The fraction of sp³-hybridized carbons (Fsp3) is 0. The molecular formula is C11H9FN2. The van der Waals surface area contributed by atoms with Crippen LogP contribution in [0.5, 0.6) is 0 Å². The third kappa shape index (κ3) is 1.57. The molecule has 0 unspecified atom stereocenters. The molecule has 0 aliphatic carbocycles. The van der Waals surface area contributed by atoms with Crippen LogP contribution in [0, 0.1) is 5.82 Å². The van der Waals surface area contributed by atoms with E-state index in [1.165, 1.54) is 12.1 Å². The molecule has 0 atom stereocenters. The lowest BCUT2D eigenvalue weighted by atomic mass is 10.1. The molecule has 0 spiro atoms. The largest absolute Gasteiger partial charge is 0.278 e. The van der Waals surface area contributed by atoms with E-state index in [1.54, 1.807) is 18.2 Å². The number of aromatic amines is 1. The third-order valence-electron chi connectivity index (χ3n) is 1.96. The normalized spacial score (nSPS) is 10.1. The number of halogens is 1. The molecule has 0 radical (unpaired) electrons. The number of H-pyrrole nitrogens is 1. The molecule has 2 aromatic rings. The molecule has 0 aliphatic rings. The zero-order chi connectivity index (χ0) is 9.97. The first-order valence-corrected chi connectivity index (χ1v) is 4.23. The molecule has 0 saturated heterocycles. The number of hydrogen-bond donors (Lipinski definition) is 1. The zero-order valence-electron chi connectivity index (χ0n) is 7.50. The Bertz CT molecular complexity index is 443. The molecule has 1 aromatic carbocycles. The first-order valence-electron chi connectivity index (χ1n) is 4.23. The molecule has 1 heterocycles. The minimum Gasteiger partial charge on any atom is -0.278 e. The average Bonchev–Trinajstić information content (AvgIpc) is 2.67. The van der Waals surface area contributed by atoms with Crippen LogP contribution in [-0.4, -0.2) is 10.2 Å². The molecule has 2 rings (SSSR count). The van der Waals surface area contributed by atoms with Crippen LogP contribution in [0.25, 0.3) is 17.3 Å². The molecule has 14 heavy (non-hydrogen) atoms. The lowest BCUT2D eigenvalue weighted by molar-refractivity contribution is 0.628. The molecule has 0 amide bonds. The summed E-state index contributed by atoms with van der Waals surface area (Å²) in [5.74, 6) is -0.242. The van der Waals surface area contributed by atoms with Crippen LogP contribution >= 0.6 is 0 Å². The maximum atomic E-state index is 12.6. The van der Waals surface area contributed by atoms with E-state index < -0.39 is 0 Å². The predicted molar refractivity (Wildman–Crippen MR) is 54.1 cm³/mol. The summed E-state index contributed by atoms with van der Waals surface area (Å²) < 4.78 is 12.6. The Morgan fingerprint density at radius 2 is 2.00 bits per heavy atom. The van der Waals surface area contributed by atoms with Crippen molar-refractivity contribution in [1.82, 2.24) is 10.2 Å². The van der Waals surface area contributed by atoms with Gasteiger partial charge in [-0.3, -0.25) is 5.10 Å². The van der Waals surface area contributed by atoms with Gasteiger partial charge in [0, 0.05) is 5.56 Å². The maximum Gasteiger partial charge on any atom is 0.123 e. The molecule has 1 aromatic heterocycles. The second kappa shape index (κ2) is 3.46. The van der Waals surface area contributed by atoms with Crippen LogP contribution < -0.4 is 0 Å². The highest BCUT2D eigenvalue weighted by molar-refractivity contribution is 5.61. The first-order chi connectivity index (χ1) is 6.79. The Morgan fingerprint density at radius 1 is 1.29 bits per heavy atom. The Hall–Kier alpha value is -1.90. The second-order valence-electron chi connectivity index (χ2n) is 2.92. The minimum absolute atomic E-state index is 0.242. The van der Waals surface area contributed by atoms with Crippen molar-refractivity contribution in [2.75, 3.05) is 0 Å². The highest BCUT2D eigenvalue weighted by Gasteiger charge is 2.01. The van der Waals surface area contributed by atoms with E-state index in [4.69, 9.17) is 0 Å². The summed E-state index contributed by atoms with van der Waals surface area (Å²) in [6, 6.07) is 8.08. The van der Waals surface area contributed by atoms with Crippen molar-refractivity contribution in [3.63, 3.8) is 0 Å². The van der Waals surface area contributed by atoms with Crippen LogP contribution in [0.1, 0.15) is 5.69 Å². The number of hydrogen-bond acceptors (Lipinski definition) is 1. The number of rotatable bonds is 2. The Kier molecular flexibility index (Phi) is 2.14. The maximum absolute atomic E-state index is 12.6. The smallest absolute Gasteiger partial charge is 0.123 e. The average molecular weight is 188 g/mol. The monoisotopic (exact) mass is 188 g/mol. The van der Waals surface area contributed by atoms with Gasteiger partial charge in [-0.15, -0.1) is 0 Å². The second-order valence-corrected chi connectivity index (χ2v) is 2.92. The molecular weight excluding hydrogens is 179 g/mol. The van der Waals surface area contributed by atoms with E-state index in [9.17, 15) is 4.39 Å². The van der Waals surface area contributed by atoms with Crippen molar-refractivity contribution in [3.05, 3.63) is 48.4 Å². The number of nitrogens with zero attached hydrogens (tertiary/aromatic N) is 1. The first kappa shape index (κ1) is 8.69. The van der Waals surface area contributed by atoms with Crippen LogP contribution in [0.2, 0.25) is 0 Å². The number of nitrogens with one attached hydrogen (secondary N) is 1. The summed E-state index contributed by atoms with van der Waals surface area (Å²) in [5, 5.41) is 6.87. The summed E-state index contributed by atoms with van der Waals surface area (Å²) in [6.07, 6.45) is 1.68. The lowest BCUT2D eigenvalue weighted by Crippen LogP contribution is -1.78. The standard InChI is InChI=1S/C11H9FN2/c1-2-10-7-11(14-13-10)8-3-5-9(12)6-4-8/h2-7H,1H2,(H,13,14). The summed E-state index contributed by atoms with van der Waals surface area (Å²) in [7, 11) is 0. The van der Waals surface area contributed by atoms with Gasteiger partial charge >= 0.3 is 0 Å². The van der Waals surface area contributed by atoms with Crippen molar-refractivity contribution >= 4 is 6.08 Å². The molecule has 70 valence electrons. The summed E-state index contributed by atoms with van der Waals surface area (Å²) in [5.41, 5.74) is 2.53. The molecule has 3 heteroatoms. The molecule has 1 N–H and O–H groups in total. The van der Waals surface area contributed by atoms with E-state index in [1.807, 2.05) is 6.07 Å². The van der Waals surface area contributed by atoms with Gasteiger partial charge < -0.3 is 0 Å². The van der Waals surface area contributed by atoms with E-state index >= 15 is 0 Å². The SMILES string of the molecule is C=Cc1cc(-c2ccc(F)cc2)n[nH]1. The molecule has 0 aliphatic heterocycles. The van der Waals surface area contributed by atoms with Gasteiger partial charge in [0.25, 0.3) is 0 Å². The topological polar surface area (TPSA) is 28.7 Å². The van der Waals surface area contributed by atoms with Crippen molar-refractivity contribution in [2.24, 2.45) is 0 Å². The van der Waals surface area contributed by atoms with Gasteiger partial charge in [0.1, 0.15) is 5.82 Å². The van der Waals surface area contributed by atoms with Gasteiger partial charge in [-0.1, -0.05) is 6.58 Å². The Labute approximate surface area is 81.1 Å². The molecule has 0 bridgehead atoms. The van der Waals surface area contributed by atoms with Crippen LogP contribution in [0.4, 0.5) is 4.39 Å². The summed E-state index contributed by atoms with van der Waals surface area (Å²) in [4.78, 5) is 0. The van der Waals surface area contributed by atoms with Crippen LogP contribution in [-0.2, 0) is 0 Å². The van der Waals surface area contributed by atoms with Gasteiger partial charge in [0.05, 0.1) is 11.4 Å². The Morgan fingerprint density at radius 3 is 2.57 bits per heavy atom. The fourth-order valence-corrected chi connectivity index (χ4v) is 1.21. The molecule has 0 saturated carbocycles. The van der Waals surface area contributed by atoms with Crippen molar-refractivity contribution in [2.45, 2.75) is 0 Å². The van der Waals surface area contributed by atoms with Gasteiger partial charge in [-0.25, -0.2) is 4.39 Å². The highest BCUT2D eigenvalue weighted by Crippen LogP contribution is 2.17. The predicted octanol–water partition coefficient (Wildman–Crippen LogP) is 2.86. The van der Waals surface area contributed by atoms with Crippen molar-refractivity contribution in [3.8, 4) is 11.3 Å². The van der Waals surface area contributed by atoms with E-state index in [0.29, 0.717) is 0 Å². The fourth-order valence-electron chi connectivity index (χ4n) is 1.21. The zero-order valence-corrected chi connectivity index (χ0v) is 7.50. The quantitative estimate of drug-likeness (QED) is 0.771. The van der Waals surface area contributed by atoms with Gasteiger partial charge in [-0.2, -0.15) is 5.10 Å². The van der Waals surface area contributed by atoms with Crippen LogP contribution in [0.15, 0.2) is 36.9 Å². The molecule has 2 nitrogen and oxygen atoms in total. The van der Waals surface area contributed by atoms with Gasteiger partial charge in [0.15, 0.2) is 0 Å². The minimum atomic E-state index is -0.242.